The summed E-state index contributed by atoms with van der Waals surface area (Å²) < 4.78 is 16.0. The van der Waals surface area contributed by atoms with Gasteiger partial charge in [0, 0.05) is 41.4 Å². The number of allylic oxidation sites excluding steroid dienone is 2. The molecule has 4 rings (SSSR count). The van der Waals surface area contributed by atoms with Gasteiger partial charge in [0.1, 0.15) is 0 Å². The summed E-state index contributed by atoms with van der Waals surface area (Å²) in [6.07, 6.45) is 1.80. The number of anilines is 1. The fraction of sp³-hybridized carbons (Fsp3) is 0.318. The van der Waals surface area contributed by atoms with Gasteiger partial charge in [0.25, 0.3) is 0 Å². The summed E-state index contributed by atoms with van der Waals surface area (Å²) in [5, 5.41) is 25.1. The van der Waals surface area contributed by atoms with Gasteiger partial charge in [-0.2, -0.15) is 0 Å². The van der Waals surface area contributed by atoms with Crippen LogP contribution in [0.25, 0.3) is 0 Å². The van der Waals surface area contributed by atoms with Crippen molar-refractivity contribution in [3.63, 3.8) is 0 Å². The average molecular weight is 426 g/mol. The number of carbonyl (C=O) groups is 1. The summed E-state index contributed by atoms with van der Waals surface area (Å²) in [6.45, 7) is 0. The number of nitrogens with zero attached hydrogens (tertiary/aromatic N) is 1. The predicted molar refractivity (Wildman–Crippen MR) is 112 cm³/mol. The lowest BCUT2D eigenvalue weighted by Gasteiger charge is -2.34. The predicted octanol–water partition coefficient (Wildman–Crippen LogP) is 3.89. The first-order valence-corrected chi connectivity index (χ1v) is 9.74. The average Bonchev–Trinajstić information content (AvgIpc) is 2.77. The van der Waals surface area contributed by atoms with E-state index in [0.29, 0.717) is 41.0 Å². The Morgan fingerprint density at radius 1 is 1.03 bits per heavy atom. The molecule has 2 aromatic carbocycles. The molecule has 1 atom stereocenters. The van der Waals surface area contributed by atoms with Gasteiger partial charge in [-0.25, -0.2) is 0 Å². The molecule has 0 aromatic heterocycles. The summed E-state index contributed by atoms with van der Waals surface area (Å²) in [4.78, 5) is 23.9. The van der Waals surface area contributed by atoms with Gasteiger partial charge in [0.05, 0.1) is 26.3 Å². The zero-order chi connectivity index (χ0) is 22.3. The summed E-state index contributed by atoms with van der Waals surface area (Å²) in [7, 11) is 4.37. The number of ketones is 1. The smallest absolute Gasteiger partial charge is 0.314 e. The first-order chi connectivity index (χ1) is 14.9. The van der Waals surface area contributed by atoms with Gasteiger partial charge in [-0.3, -0.25) is 14.9 Å². The Morgan fingerprint density at radius 2 is 1.71 bits per heavy atom. The number of rotatable bonds is 5. The molecule has 1 aliphatic heterocycles. The van der Waals surface area contributed by atoms with Crippen LogP contribution in [0.15, 0.2) is 35.5 Å². The van der Waals surface area contributed by atoms with Gasteiger partial charge in [0.15, 0.2) is 23.0 Å². The quantitative estimate of drug-likeness (QED) is 0.546. The van der Waals surface area contributed by atoms with Crippen molar-refractivity contribution in [2.75, 3.05) is 26.6 Å². The van der Waals surface area contributed by atoms with E-state index in [1.807, 2.05) is 0 Å². The lowest BCUT2D eigenvalue weighted by atomic mass is 9.75. The molecular formula is C22H22N2O7. The van der Waals surface area contributed by atoms with Crippen molar-refractivity contribution in [2.45, 2.75) is 25.2 Å². The first-order valence-electron chi connectivity index (χ1n) is 9.74. The monoisotopic (exact) mass is 426 g/mol. The van der Waals surface area contributed by atoms with Gasteiger partial charge in [-0.1, -0.05) is 0 Å². The zero-order valence-corrected chi connectivity index (χ0v) is 17.4. The van der Waals surface area contributed by atoms with Gasteiger partial charge in [-0.15, -0.1) is 0 Å². The minimum Gasteiger partial charge on any atom is -0.500 e. The third-order valence-corrected chi connectivity index (χ3v) is 5.72. The Morgan fingerprint density at radius 3 is 2.35 bits per heavy atom. The Labute approximate surface area is 178 Å². The topological polar surface area (TPSA) is 120 Å². The summed E-state index contributed by atoms with van der Waals surface area (Å²) in [6, 6.07) is 6.38. The Bertz CT molecular complexity index is 1120. The number of carbonyl (C=O) groups excluding carboxylic acids is 1. The van der Waals surface area contributed by atoms with E-state index in [1.165, 1.54) is 33.5 Å². The minimum atomic E-state index is -0.671. The maximum Gasteiger partial charge on any atom is 0.314 e. The number of aromatic hydroxyl groups is 1. The highest BCUT2D eigenvalue weighted by Crippen LogP contribution is 2.50. The van der Waals surface area contributed by atoms with Crippen LogP contribution in [0.3, 0.4) is 0 Å². The number of hydrogen-bond acceptors (Lipinski definition) is 8. The summed E-state index contributed by atoms with van der Waals surface area (Å²) >= 11 is 0. The fourth-order valence-electron chi connectivity index (χ4n) is 4.31. The molecule has 0 amide bonds. The third-order valence-electron chi connectivity index (χ3n) is 5.72. The molecule has 2 N–H and O–H groups in total. The van der Waals surface area contributed by atoms with Crippen LogP contribution in [0.5, 0.6) is 23.0 Å². The number of phenolic OH excluding ortho intramolecular Hbond substituents is 1. The van der Waals surface area contributed by atoms with E-state index in [4.69, 9.17) is 14.2 Å². The van der Waals surface area contributed by atoms with Crippen LogP contribution in [0, 0.1) is 10.1 Å². The highest BCUT2D eigenvalue weighted by molar-refractivity contribution is 6.01. The van der Waals surface area contributed by atoms with Crippen LogP contribution in [-0.2, 0) is 4.79 Å². The molecule has 0 saturated heterocycles. The largest absolute Gasteiger partial charge is 0.500 e. The number of methoxy groups -OCH3 is 3. The molecule has 1 heterocycles. The van der Waals surface area contributed by atoms with Crippen LogP contribution >= 0.6 is 0 Å². The van der Waals surface area contributed by atoms with Crippen molar-refractivity contribution in [3.05, 3.63) is 56.8 Å². The normalized spacial score (nSPS) is 17.4. The van der Waals surface area contributed by atoms with E-state index in [1.54, 1.807) is 12.1 Å². The molecule has 162 valence electrons. The molecule has 31 heavy (non-hydrogen) atoms. The molecule has 9 nitrogen and oxygen atoms in total. The maximum absolute atomic E-state index is 13.0. The number of phenols is 1. The van der Waals surface area contributed by atoms with E-state index in [9.17, 15) is 20.0 Å². The third kappa shape index (κ3) is 3.31. The molecule has 1 aliphatic carbocycles. The Kier molecular flexibility index (Phi) is 5.18. The van der Waals surface area contributed by atoms with Crippen molar-refractivity contribution in [1.29, 1.82) is 0 Å². The second-order valence-electron chi connectivity index (χ2n) is 7.37. The highest BCUT2D eigenvalue weighted by atomic mass is 16.6. The number of nitrogens with one attached hydrogen (secondary N) is 1. The number of hydrogen-bond donors (Lipinski definition) is 2. The second-order valence-corrected chi connectivity index (χ2v) is 7.37. The lowest BCUT2D eigenvalue weighted by Crippen LogP contribution is -2.27. The van der Waals surface area contributed by atoms with Gasteiger partial charge in [0.2, 0.25) is 5.75 Å². The molecule has 1 unspecified atom stereocenters. The zero-order valence-electron chi connectivity index (χ0n) is 17.4. The van der Waals surface area contributed by atoms with E-state index in [2.05, 4.69) is 5.32 Å². The van der Waals surface area contributed by atoms with Crippen LogP contribution in [-0.4, -0.2) is 37.1 Å². The van der Waals surface area contributed by atoms with E-state index in [-0.39, 0.29) is 11.5 Å². The van der Waals surface area contributed by atoms with Gasteiger partial charge < -0.3 is 24.6 Å². The molecule has 2 aliphatic rings. The fourth-order valence-corrected chi connectivity index (χ4v) is 4.31. The summed E-state index contributed by atoms with van der Waals surface area (Å²) in [5.41, 5.74) is 2.78. The van der Waals surface area contributed by atoms with Crippen LogP contribution in [0.2, 0.25) is 0 Å². The number of nitro benzene ring substituents is 1. The number of fused-ring (bicyclic) bond motifs is 1. The van der Waals surface area contributed by atoms with Crippen molar-refractivity contribution < 1.29 is 29.0 Å². The SMILES string of the molecule is COc1cc2c(cc1OC)C(c1cc(OC)c(O)c([N+](=O)[O-])c1)C1=C(CCCC1=O)N2. The van der Waals surface area contributed by atoms with Crippen LogP contribution in [0.4, 0.5) is 11.4 Å². The Hall–Kier alpha value is -3.75. The molecular weight excluding hydrogens is 404 g/mol. The first kappa shape index (κ1) is 20.5. The number of Topliss-reactive ketones (excluding diaryl/α,β-unsaturated/α-hetero) is 1. The standard InChI is InChI=1S/C22H22N2O7/c1-29-17-9-12-14(10-18(17)30-2)23-13-5-4-6-16(25)21(13)20(12)11-7-15(24(27)28)22(26)19(8-11)31-3/h7-10,20,23,26H,4-6H2,1-3H3. The molecule has 0 fully saturated rings. The van der Waals surface area contributed by atoms with Gasteiger partial charge in [-0.05, 0) is 36.1 Å². The van der Waals surface area contributed by atoms with Crippen molar-refractivity contribution in [2.24, 2.45) is 0 Å². The van der Waals surface area contributed by atoms with Crippen molar-refractivity contribution in [1.82, 2.24) is 0 Å². The maximum atomic E-state index is 13.0. The van der Waals surface area contributed by atoms with E-state index >= 15 is 0 Å². The molecule has 0 radical (unpaired) electrons. The summed E-state index contributed by atoms with van der Waals surface area (Å²) in [5.74, 6) is -0.202. The van der Waals surface area contributed by atoms with Gasteiger partial charge >= 0.3 is 5.69 Å². The van der Waals surface area contributed by atoms with Crippen molar-refractivity contribution in [3.8, 4) is 23.0 Å². The molecule has 0 bridgehead atoms. The molecule has 0 spiro atoms. The molecule has 2 aromatic rings. The second kappa shape index (κ2) is 7.82. The number of nitro groups is 1. The van der Waals surface area contributed by atoms with E-state index in [0.717, 1.165) is 17.8 Å². The number of benzene rings is 2. The van der Waals surface area contributed by atoms with Crippen molar-refractivity contribution >= 4 is 17.2 Å². The molecule has 0 saturated carbocycles. The van der Waals surface area contributed by atoms with Crippen LogP contribution in [0.1, 0.15) is 36.3 Å². The lowest BCUT2D eigenvalue weighted by molar-refractivity contribution is -0.386. The van der Waals surface area contributed by atoms with E-state index < -0.39 is 22.3 Å². The van der Waals surface area contributed by atoms with Crippen LogP contribution < -0.4 is 19.5 Å². The Balaban J connectivity index is 2.01. The molecule has 9 heteroatoms. The number of ether oxygens (including phenoxy) is 3. The highest BCUT2D eigenvalue weighted by Gasteiger charge is 2.37. The minimum absolute atomic E-state index is 0.0196.